The van der Waals surface area contributed by atoms with E-state index < -0.39 is 0 Å². The summed E-state index contributed by atoms with van der Waals surface area (Å²) in [6.45, 7) is 1.92. The Morgan fingerprint density at radius 2 is 2.27 bits per heavy atom. The summed E-state index contributed by atoms with van der Waals surface area (Å²) in [5, 5.41) is 11.7. The largest absolute Gasteiger partial charge is 0.310 e. The predicted octanol–water partition coefficient (Wildman–Crippen LogP) is 1.23. The molecular weight excluding hydrogens is 188 g/mol. The number of pyridine rings is 1. The summed E-state index contributed by atoms with van der Waals surface area (Å²) in [6.07, 6.45) is 4.77. The number of hydrogen-bond donors (Lipinski definition) is 1. The first-order chi connectivity index (χ1) is 7.43. The molecule has 0 bridgehead atoms. The van der Waals surface area contributed by atoms with Gasteiger partial charge in [-0.05, 0) is 37.4 Å². The summed E-state index contributed by atoms with van der Waals surface area (Å²) in [7, 11) is 0. The molecule has 0 saturated heterocycles. The highest BCUT2D eigenvalue weighted by Gasteiger charge is 2.20. The minimum atomic E-state index is 0.807. The van der Waals surface area contributed by atoms with Gasteiger partial charge in [-0.15, -0.1) is 10.2 Å². The zero-order valence-electron chi connectivity index (χ0n) is 8.56. The minimum Gasteiger partial charge on any atom is -0.310 e. The van der Waals surface area contributed by atoms with Crippen LogP contribution in [0.15, 0.2) is 24.4 Å². The van der Waals surface area contributed by atoms with E-state index in [1.54, 1.807) is 0 Å². The van der Waals surface area contributed by atoms with Crippen molar-refractivity contribution < 1.29 is 0 Å². The Morgan fingerprint density at radius 1 is 1.33 bits per heavy atom. The Hall–Kier alpha value is -1.42. The standard InChI is InChI=1S/C11H14N4/c1-2-6-15-10(3-1)13-14-11(15)8-12-7-9-4-5-9/h1-3,6,9,12H,4-5,7-8H2. The first kappa shape index (κ1) is 8.85. The lowest BCUT2D eigenvalue weighted by atomic mass is 10.4. The zero-order valence-corrected chi connectivity index (χ0v) is 8.56. The molecule has 2 aromatic heterocycles. The van der Waals surface area contributed by atoms with Crippen LogP contribution in [0.4, 0.5) is 0 Å². The molecule has 78 valence electrons. The first-order valence-corrected chi connectivity index (χ1v) is 5.43. The highest BCUT2D eigenvalue weighted by atomic mass is 15.3. The van der Waals surface area contributed by atoms with Crippen molar-refractivity contribution in [1.29, 1.82) is 0 Å². The summed E-state index contributed by atoms with van der Waals surface area (Å²) >= 11 is 0. The number of hydrogen-bond acceptors (Lipinski definition) is 3. The fraction of sp³-hybridized carbons (Fsp3) is 0.455. The van der Waals surface area contributed by atoms with Crippen LogP contribution in [0, 0.1) is 5.92 Å². The van der Waals surface area contributed by atoms with Crippen LogP contribution in [-0.2, 0) is 6.54 Å². The Labute approximate surface area is 88.3 Å². The van der Waals surface area contributed by atoms with Crippen LogP contribution in [0.1, 0.15) is 18.7 Å². The molecule has 2 aromatic rings. The van der Waals surface area contributed by atoms with Crippen molar-refractivity contribution in [1.82, 2.24) is 19.9 Å². The average Bonchev–Trinajstić information content (AvgIpc) is 3.00. The smallest absolute Gasteiger partial charge is 0.160 e. The normalized spacial score (nSPS) is 16.0. The topological polar surface area (TPSA) is 42.2 Å². The fourth-order valence-electron chi connectivity index (χ4n) is 1.72. The molecule has 1 aliphatic carbocycles. The molecule has 0 radical (unpaired) electrons. The second-order valence-electron chi connectivity index (χ2n) is 4.12. The van der Waals surface area contributed by atoms with Crippen LogP contribution in [-0.4, -0.2) is 21.1 Å². The fourth-order valence-corrected chi connectivity index (χ4v) is 1.72. The molecule has 1 fully saturated rings. The highest BCUT2D eigenvalue weighted by molar-refractivity contribution is 5.36. The van der Waals surface area contributed by atoms with Gasteiger partial charge in [0.15, 0.2) is 11.5 Å². The van der Waals surface area contributed by atoms with E-state index in [4.69, 9.17) is 0 Å². The third-order valence-electron chi connectivity index (χ3n) is 2.80. The molecule has 3 rings (SSSR count). The highest BCUT2D eigenvalue weighted by Crippen LogP contribution is 2.27. The summed E-state index contributed by atoms with van der Waals surface area (Å²) in [5.74, 6) is 1.90. The van der Waals surface area contributed by atoms with Gasteiger partial charge < -0.3 is 5.32 Å². The molecule has 15 heavy (non-hydrogen) atoms. The molecule has 0 aliphatic heterocycles. The Kier molecular flexibility index (Phi) is 2.14. The van der Waals surface area contributed by atoms with E-state index in [1.165, 1.54) is 12.8 Å². The third-order valence-corrected chi connectivity index (χ3v) is 2.80. The number of rotatable bonds is 4. The van der Waals surface area contributed by atoms with Gasteiger partial charge in [-0.3, -0.25) is 4.40 Å². The maximum Gasteiger partial charge on any atom is 0.160 e. The van der Waals surface area contributed by atoms with E-state index in [9.17, 15) is 0 Å². The molecule has 1 aliphatic rings. The van der Waals surface area contributed by atoms with Gasteiger partial charge in [0.05, 0.1) is 6.54 Å². The molecule has 0 aromatic carbocycles. The quantitative estimate of drug-likeness (QED) is 0.810. The monoisotopic (exact) mass is 202 g/mol. The van der Waals surface area contributed by atoms with Crippen LogP contribution in [0.3, 0.4) is 0 Å². The predicted molar refractivity (Wildman–Crippen MR) is 57.4 cm³/mol. The minimum absolute atomic E-state index is 0.807. The number of fused-ring (bicyclic) bond motifs is 1. The number of nitrogens with zero attached hydrogens (tertiary/aromatic N) is 3. The van der Waals surface area contributed by atoms with Crippen LogP contribution < -0.4 is 5.32 Å². The summed E-state index contributed by atoms with van der Waals surface area (Å²) < 4.78 is 2.03. The third kappa shape index (κ3) is 1.85. The maximum atomic E-state index is 4.16. The lowest BCUT2D eigenvalue weighted by Crippen LogP contribution is -2.17. The summed E-state index contributed by atoms with van der Waals surface area (Å²) in [5.41, 5.74) is 0.917. The SMILES string of the molecule is c1ccn2c(CNCC3CC3)nnc2c1. The Bertz CT molecular complexity index is 458. The van der Waals surface area contributed by atoms with E-state index in [-0.39, 0.29) is 0 Å². The van der Waals surface area contributed by atoms with Gasteiger partial charge in [0.25, 0.3) is 0 Å². The van der Waals surface area contributed by atoms with Crippen LogP contribution in [0.2, 0.25) is 0 Å². The van der Waals surface area contributed by atoms with Crippen molar-refractivity contribution in [3.05, 3.63) is 30.2 Å². The molecule has 0 atom stereocenters. The Morgan fingerprint density at radius 3 is 3.13 bits per heavy atom. The van der Waals surface area contributed by atoms with Gasteiger partial charge in [0, 0.05) is 6.20 Å². The average molecular weight is 202 g/mol. The Balaban J connectivity index is 1.72. The molecule has 0 amide bonds. The molecule has 2 heterocycles. The number of nitrogens with one attached hydrogen (secondary N) is 1. The molecule has 1 saturated carbocycles. The molecular formula is C11H14N4. The second-order valence-corrected chi connectivity index (χ2v) is 4.12. The van der Waals surface area contributed by atoms with Gasteiger partial charge >= 0.3 is 0 Å². The molecule has 0 spiro atoms. The second kappa shape index (κ2) is 3.62. The van der Waals surface area contributed by atoms with Crippen molar-refractivity contribution in [2.75, 3.05) is 6.54 Å². The first-order valence-electron chi connectivity index (χ1n) is 5.43. The van der Waals surface area contributed by atoms with E-state index in [0.717, 1.165) is 30.5 Å². The van der Waals surface area contributed by atoms with E-state index >= 15 is 0 Å². The van der Waals surface area contributed by atoms with Crippen LogP contribution in [0.25, 0.3) is 5.65 Å². The van der Waals surface area contributed by atoms with Gasteiger partial charge in [0.1, 0.15) is 0 Å². The van der Waals surface area contributed by atoms with Crippen molar-refractivity contribution in [3.8, 4) is 0 Å². The zero-order chi connectivity index (χ0) is 10.1. The molecule has 1 N–H and O–H groups in total. The van der Waals surface area contributed by atoms with Crippen molar-refractivity contribution in [2.45, 2.75) is 19.4 Å². The van der Waals surface area contributed by atoms with Crippen molar-refractivity contribution in [2.24, 2.45) is 5.92 Å². The number of aromatic nitrogens is 3. The molecule has 0 unspecified atom stereocenters. The maximum absolute atomic E-state index is 4.16. The molecule has 4 heteroatoms. The lowest BCUT2D eigenvalue weighted by molar-refractivity contribution is 0.615. The summed E-state index contributed by atoms with van der Waals surface area (Å²) in [6, 6.07) is 5.95. The van der Waals surface area contributed by atoms with Crippen LogP contribution >= 0.6 is 0 Å². The summed E-state index contributed by atoms with van der Waals surface area (Å²) in [4.78, 5) is 0. The van der Waals surface area contributed by atoms with Gasteiger partial charge in [-0.2, -0.15) is 0 Å². The van der Waals surface area contributed by atoms with E-state index in [0.29, 0.717) is 0 Å². The lowest BCUT2D eigenvalue weighted by Gasteiger charge is -2.01. The van der Waals surface area contributed by atoms with Crippen LogP contribution in [0.5, 0.6) is 0 Å². The van der Waals surface area contributed by atoms with Gasteiger partial charge in [-0.25, -0.2) is 0 Å². The van der Waals surface area contributed by atoms with E-state index in [2.05, 4.69) is 15.5 Å². The van der Waals surface area contributed by atoms with Crippen molar-refractivity contribution >= 4 is 5.65 Å². The van der Waals surface area contributed by atoms with Gasteiger partial charge in [0.2, 0.25) is 0 Å². The van der Waals surface area contributed by atoms with Gasteiger partial charge in [-0.1, -0.05) is 6.07 Å². The molecule has 4 nitrogen and oxygen atoms in total. The van der Waals surface area contributed by atoms with E-state index in [1.807, 2.05) is 28.8 Å². The van der Waals surface area contributed by atoms with Crippen molar-refractivity contribution in [3.63, 3.8) is 0 Å².